The maximum atomic E-state index is 5.95. The van der Waals surface area contributed by atoms with E-state index in [-0.39, 0.29) is 24.0 Å². The van der Waals surface area contributed by atoms with Crippen molar-refractivity contribution in [2.24, 2.45) is 10.7 Å². The number of aryl methyl sites for hydroxylation is 1. The predicted molar refractivity (Wildman–Crippen MR) is 97.3 cm³/mol. The summed E-state index contributed by atoms with van der Waals surface area (Å²) in [5, 5.41) is 0. The average molecular weight is 388 g/mol. The Kier molecular flexibility index (Phi) is 6.58. The van der Waals surface area contributed by atoms with Crippen LogP contribution in [0.2, 0.25) is 0 Å². The van der Waals surface area contributed by atoms with Crippen LogP contribution in [0.3, 0.4) is 0 Å². The standard InChI is InChI=1S/C15H24N4.HI/c1-4-17-15(16)19-10-8-18(9-11-19)14-7-5-6-12(2)13(14)3;/h5-7H,4,8-11H2,1-3H3,(H2,16,17);1H. The van der Waals surface area contributed by atoms with Crippen molar-refractivity contribution in [3.63, 3.8) is 0 Å². The summed E-state index contributed by atoms with van der Waals surface area (Å²) in [6.07, 6.45) is 0. The molecular weight excluding hydrogens is 363 g/mol. The maximum absolute atomic E-state index is 5.95. The van der Waals surface area contributed by atoms with Gasteiger partial charge >= 0.3 is 0 Å². The Balaban J connectivity index is 0.00000200. The Morgan fingerprint density at radius 2 is 1.85 bits per heavy atom. The van der Waals surface area contributed by atoms with E-state index in [1.165, 1.54) is 16.8 Å². The van der Waals surface area contributed by atoms with E-state index in [4.69, 9.17) is 5.73 Å². The minimum atomic E-state index is 0. The molecule has 1 saturated heterocycles. The molecule has 5 heteroatoms. The molecule has 0 bridgehead atoms. The molecule has 112 valence electrons. The molecule has 2 N–H and O–H groups in total. The normalized spacial score (nSPS) is 16.1. The van der Waals surface area contributed by atoms with Crippen LogP contribution >= 0.6 is 24.0 Å². The average Bonchev–Trinajstić information content (AvgIpc) is 2.42. The van der Waals surface area contributed by atoms with E-state index in [1.54, 1.807) is 0 Å². The van der Waals surface area contributed by atoms with Crippen molar-refractivity contribution < 1.29 is 0 Å². The third kappa shape index (κ3) is 3.77. The number of aliphatic imine (C=N–C) groups is 1. The van der Waals surface area contributed by atoms with Gasteiger partial charge in [-0.2, -0.15) is 0 Å². The third-order valence-electron chi connectivity index (χ3n) is 3.84. The minimum absolute atomic E-state index is 0. The summed E-state index contributed by atoms with van der Waals surface area (Å²) in [4.78, 5) is 8.89. The Morgan fingerprint density at radius 1 is 1.20 bits per heavy atom. The van der Waals surface area contributed by atoms with Gasteiger partial charge in [0.15, 0.2) is 5.96 Å². The molecule has 1 heterocycles. The molecule has 1 fully saturated rings. The summed E-state index contributed by atoms with van der Waals surface area (Å²) in [6, 6.07) is 6.51. The van der Waals surface area contributed by atoms with Crippen LogP contribution < -0.4 is 10.6 Å². The minimum Gasteiger partial charge on any atom is -0.370 e. The highest BCUT2D eigenvalue weighted by atomic mass is 127. The quantitative estimate of drug-likeness (QED) is 0.481. The highest BCUT2D eigenvalue weighted by Crippen LogP contribution is 2.23. The number of benzene rings is 1. The largest absolute Gasteiger partial charge is 0.370 e. The number of guanidine groups is 1. The van der Waals surface area contributed by atoms with Crippen molar-refractivity contribution in [2.75, 3.05) is 37.6 Å². The molecule has 0 radical (unpaired) electrons. The number of anilines is 1. The first-order valence-corrected chi connectivity index (χ1v) is 6.99. The molecule has 0 aromatic heterocycles. The van der Waals surface area contributed by atoms with Gasteiger partial charge in [0.1, 0.15) is 0 Å². The van der Waals surface area contributed by atoms with Crippen molar-refractivity contribution in [3.8, 4) is 0 Å². The Morgan fingerprint density at radius 3 is 2.45 bits per heavy atom. The third-order valence-corrected chi connectivity index (χ3v) is 3.84. The number of nitrogens with two attached hydrogens (primary N) is 1. The zero-order valence-corrected chi connectivity index (χ0v) is 14.9. The van der Waals surface area contributed by atoms with Crippen LogP contribution in [0, 0.1) is 13.8 Å². The van der Waals surface area contributed by atoms with Gasteiger partial charge in [-0.25, -0.2) is 0 Å². The summed E-state index contributed by atoms with van der Waals surface area (Å²) >= 11 is 0. The SMILES string of the molecule is CCN=C(N)N1CCN(c2cccc(C)c2C)CC1.I. The zero-order chi connectivity index (χ0) is 13.8. The van der Waals surface area contributed by atoms with Crippen molar-refractivity contribution in [2.45, 2.75) is 20.8 Å². The van der Waals surface area contributed by atoms with Gasteiger partial charge < -0.3 is 15.5 Å². The van der Waals surface area contributed by atoms with Gasteiger partial charge in [-0.3, -0.25) is 4.99 Å². The molecular formula is C15H25IN4. The van der Waals surface area contributed by atoms with Crippen LogP contribution in [0.25, 0.3) is 0 Å². The lowest BCUT2D eigenvalue weighted by molar-refractivity contribution is 0.381. The second-order valence-corrected chi connectivity index (χ2v) is 5.03. The van der Waals surface area contributed by atoms with Crippen LogP contribution in [-0.2, 0) is 0 Å². The van der Waals surface area contributed by atoms with Crippen LogP contribution in [0.15, 0.2) is 23.2 Å². The van der Waals surface area contributed by atoms with Gasteiger partial charge in [0.2, 0.25) is 0 Å². The Hall–Kier alpha value is -0.980. The number of rotatable bonds is 2. The molecule has 1 aliphatic rings. The first kappa shape index (κ1) is 17.1. The van der Waals surface area contributed by atoms with Gasteiger partial charge in [-0.15, -0.1) is 24.0 Å². The fourth-order valence-corrected chi connectivity index (χ4v) is 2.52. The first-order valence-electron chi connectivity index (χ1n) is 6.99. The van der Waals surface area contributed by atoms with Gasteiger partial charge in [0, 0.05) is 38.4 Å². The molecule has 0 aliphatic carbocycles. The Bertz CT molecular complexity index is 465. The zero-order valence-electron chi connectivity index (χ0n) is 12.6. The summed E-state index contributed by atoms with van der Waals surface area (Å²) in [6.45, 7) is 11.0. The highest BCUT2D eigenvalue weighted by Gasteiger charge is 2.19. The number of hydrogen-bond acceptors (Lipinski definition) is 2. The monoisotopic (exact) mass is 388 g/mol. The lowest BCUT2D eigenvalue weighted by atomic mass is 10.1. The predicted octanol–water partition coefficient (Wildman–Crippen LogP) is 2.38. The number of nitrogens with zero attached hydrogens (tertiary/aromatic N) is 3. The number of piperazine rings is 1. The van der Waals surface area contributed by atoms with E-state index in [9.17, 15) is 0 Å². The van der Waals surface area contributed by atoms with Gasteiger partial charge in [-0.1, -0.05) is 12.1 Å². The van der Waals surface area contributed by atoms with Crippen molar-refractivity contribution >= 4 is 35.6 Å². The first-order chi connectivity index (χ1) is 9.13. The van der Waals surface area contributed by atoms with Gasteiger partial charge in [0.05, 0.1) is 0 Å². The number of hydrogen-bond donors (Lipinski definition) is 1. The highest BCUT2D eigenvalue weighted by molar-refractivity contribution is 14.0. The molecule has 4 nitrogen and oxygen atoms in total. The number of halogens is 1. The van der Waals surface area contributed by atoms with Crippen LogP contribution in [0.5, 0.6) is 0 Å². The summed E-state index contributed by atoms with van der Waals surface area (Å²) < 4.78 is 0. The molecule has 1 aromatic rings. The van der Waals surface area contributed by atoms with Crippen molar-refractivity contribution in [1.82, 2.24) is 4.90 Å². The van der Waals surface area contributed by atoms with E-state index < -0.39 is 0 Å². The van der Waals surface area contributed by atoms with Crippen molar-refractivity contribution in [1.29, 1.82) is 0 Å². The van der Waals surface area contributed by atoms with Crippen LogP contribution in [0.1, 0.15) is 18.1 Å². The summed E-state index contributed by atoms with van der Waals surface area (Å²) in [5.41, 5.74) is 10.0. The topological polar surface area (TPSA) is 44.9 Å². The molecule has 1 aromatic carbocycles. The Labute approximate surface area is 139 Å². The smallest absolute Gasteiger partial charge is 0.191 e. The van der Waals surface area contributed by atoms with Gasteiger partial charge in [0.25, 0.3) is 0 Å². The molecule has 1 aliphatic heterocycles. The molecule has 20 heavy (non-hydrogen) atoms. The van der Waals surface area contributed by atoms with E-state index in [2.05, 4.69) is 46.8 Å². The molecule has 0 saturated carbocycles. The van der Waals surface area contributed by atoms with Crippen LogP contribution in [-0.4, -0.2) is 43.6 Å². The maximum Gasteiger partial charge on any atom is 0.191 e. The fraction of sp³-hybridized carbons (Fsp3) is 0.533. The van der Waals surface area contributed by atoms with E-state index >= 15 is 0 Å². The summed E-state index contributed by atoms with van der Waals surface area (Å²) in [5.74, 6) is 0.683. The lowest BCUT2D eigenvalue weighted by Gasteiger charge is -2.37. The molecule has 0 amide bonds. The van der Waals surface area contributed by atoms with E-state index in [1.807, 2.05) is 6.92 Å². The van der Waals surface area contributed by atoms with E-state index in [0.717, 1.165) is 32.7 Å². The molecule has 0 atom stereocenters. The molecule has 2 rings (SSSR count). The lowest BCUT2D eigenvalue weighted by Crippen LogP contribution is -2.51. The van der Waals surface area contributed by atoms with Crippen molar-refractivity contribution in [3.05, 3.63) is 29.3 Å². The summed E-state index contributed by atoms with van der Waals surface area (Å²) in [7, 11) is 0. The molecule has 0 spiro atoms. The second kappa shape index (κ2) is 7.71. The van der Waals surface area contributed by atoms with E-state index in [0.29, 0.717) is 5.96 Å². The fourth-order valence-electron chi connectivity index (χ4n) is 2.52. The molecule has 0 unspecified atom stereocenters. The van der Waals surface area contributed by atoms with Crippen LogP contribution in [0.4, 0.5) is 5.69 Å². The second-order valence-electron chi connectivity index (χ2n) is 5.03. The van der Waals surface area contributed by atoms with Gasteiger partial charge in [-0.05, 0) is 38.0 Å².